The van der Waals surface area contributed by atoms with E-state index in [1.807, 2.05) is 0 Å². The quantitative estimate of drug-likeness (QED) is 0.791. The summed E-state index contributed by atoms with van der Waals surface area (Å²) < 4.78 is 23.6. The normalized spacial score (nSPS) is 16.5. The smallest absolute Gasteiger partial charge is 0.248 e. The number of primary amides is 1. The van der Waals surface area contributed by atoms with Gasteiger partial charge in [-0.3, -0.25) is 4.79 Å². The summed E-state index contributed by atoms with van der Waals surface area (Å²) in [4.78, 5) is 11.1. The highest BCUT2D eigenvalue weighted by Crippen LogP contribution is 2.23. The number of amides is 1. The van der Waals surface area contributed by atoms with E-state index in [9.17, 15) is 13.2 Å². The van der Waals surface area contributed by atoms with Crippen molar-refractivity contribution in [1.82, 2.24) is 0 Å². The number of hydrogen-bond donors (Lipinski definition) is 1. The molecule has 0 fully saturated rings. The molecule has 1 amide bonds. The zero-order valence-electron chi connectivity index (χ0n) is 8.25. The van der Waals surface area contributed by atoms with Gasteiger partial charge in [0, 0.05) is 11.0 Å². The number of nitrogens with two attached hydrogens (primary N) is 1. The molecule has 1 aromatic rings. The Morgan fingerprint density at radius 1 is 1.19 bits per heavy atom. The van der Waals surface area contributed by atoms with Crippen molar-refractivity contribution in [2.75, 3.05) is 0 Å². The summed E-state index contributed by atoms with van der Waals surface area (Å²) in [5.74, 6) is -0.643. The maximum atomic E-state index is 11.8. The highest BCUT2D eigenvalue weighted by molar-refractivity contribution is 7.94. The molecule has 1 aliphatic heterocycles. The zero-order chi connectivity index (χ0) is 11.8. The van der Waals surface area contributed by atoms with Crippen LogP contribution >= 0.6 is 0 Å². The Balaban J connectivity index is 2.74. The van der Waals surface area contributed by atoms with Crippen LogP contribution in [-0.4, -0.2) is 14.3 Å². The van der Waals surface area contributed by atoms with Crippen molar-refractivity contribution in [2.45, 2.75) is 4.90 Å². The molecule has 0 spiro atoms. The van der Waals surface area contributed by atoms with Crippen LogP contribution in [0.5, 0.6) is 0 Å². The fraction of sp³-hybridized carbons (Fsp3) is 0. The minimum absolute atomic E-state index is 0.105. The molecule has 16 heavy (non-hydrogen) atoms. The molecule has 1 aromatic carbocycles. The predicted octanol–water partition coefficient (Wildman–Crippen LogP) is 1.10. The minimum Gasteiger partial charge on any atom is -0.366 e. The molecule has 0 radical (unpaired) electrons. The number of allylic oxidation sites excluding steroid dienone is 2. The van der Waals surface area contributed by atoms with Crippen molar-refractivity contribution < 1.29 is 13.2 Å². The van der Waals surface area contributed by atoms with Crippen molar-refractivity contribution >= 4 is 21.8 Å². The third-order valence-electron chi connectivity index (χ3n) is 2.25. The average molecular weight is 235 g/mol. The van der Waals surface area contributed by atoms with E-state index in [2.05, 4.69) is 0 Å². The SMILES string of the molecule is NC(=O)c1ccc2c(c1)S(=O)(=O)C=CC=C2. The lowest BCUT2D eigenvalue weighted by atomic mass is 10.1. The molecule has 2 rings (SSSR count). The lowest BCUT2D eigenvalue weighted by Crippen LogP contribution is -2.12. The van der Waals surface area contributed by atoms with Gasteiger partial charge in [-0.1, -0.05) is 24.3 Å². The fourth-order valence-electron chi connectivity index (χ4n) is 1.45. The second-order valence-electron chi connectivity index (χ2n) is 3.35. The highest BCUT2D eigenvalue weighted by atomic mass is 32.2. The van der Waals surface area contributed by atoms with E-state index in [1.165, 1.54) is 18.2 Å². The summed E-state index contributed by atoms with van der Waals surface area (Å²) in [6, 6.07) is 4.37. The first kappa shape index (κ1) is 10.6. The lowest BCUT2D eigenvalue weighted by molar-refractivity contribution is 0.1000. The molecule has 0 unspecified atom stereocenters. The van der Waals surface area contributed by atoms with Gasteiger partial charge in [0.15, 0.2) is 9.84 Å². The maximum Gasteiger partial charge on any atom is 0.248 e. The van der Waals surface area contributed by atoms with Gasteiger partial charge in [0.1, 0.15) is 0 Å². The summed E-state index contributed by atoms with van der Waals surface area (Å²) in [7, 11) is -3.49. The molecule has 82 valence electrons. The maximum absolute atomic E-state index is 11.8. The van der Waals surface area contributed by atoms with Gasteiger partial charge in [0.05, 0.1) is 4.90 Å². The number of rotatable bonds is 1. The second kappa shape index (κ2) is 3.61. The van der Waals surface area contributed by atoms with E-state index in [1.54, 1.807) is 18.2 Å². The van der Waals surface area contributed by atoms with Crippen LogP contribution in [0, 0.1) is 0 Å². The molecular formula is C11H9NO3S. The summed E-state index contributed by atoms with van der Waals surface area (Å²) in [6.07, 6.45) is 4.74. The first-order valence-corrected chi connectivity index (χ1v) is 6.09. The molecule has 0 atom stereocenters. The van der Waals surface area contributed by atoms with Gasteiger partial charge in [-0.25, -0.2) is 8.42 Å². The Labute approximate surface area is 93.0 Å². The van der Waals surface area contributed by atoms with Crippen LogP contribution in [0.4, 0.5) is 0 Å². The zero-order valence-corrected chi connectivity index (χ0v) is 9.07. The van der Waals surface area contributed by atoms with Crippen LogP contribution in [0.25, 0.3) is 6.08 Å². The Morgan fingerprint density at radius 3 is 2.62 bits per heavy atom. The van der Waals surface area contributed by atoms with Crippen LogP contribution in [0.3, 0.4) is 0 Å². The predicted molar refractivity (Wildman–Crippen MR) is 60.3 cm³/mol. The van der Waals surface area contributed by atoms with Crippen molar-refractivity contribution in [3.63, 3.8) is 0 Å². The molecule has 0 saturated carbocycles. The molecule has 4 nitrogen and oxygen atoms in total. The van der Waals surface area contributed by atoms with Crippen LogP contribution in [-0.2, 0) is 9.84 Å². The number of carbonyl (C=O) groups is 1. The van der Waals surface area contributed by atoms with Crippen LogP contribution in [0.15, 0.2) is 40.7 Å². The topological polar surface area (TPSA) is 77.2 Å². The highest BCUT2D eigenvalue weighted by Gasteiger charge is 2.17. The molecule has 5 heteroatoms. The van der Waals surface area contributed by atoms with E-state index in [-0.39, 0.29) is 10.5 Å². The van der Waals surface area contributed by atoms with Crippen molar-refractivity contribution in [1.29, 1.82) is 0 Å². The van der Waals surface area contributed by atoms with E-state index in [4.69, 9.17) is 5.73 Å². The number of hydrogen-bond acceptors (Lipinski definition) is 3. The molecule has 0 saturated heterocycles. The van der Waals surface area contributed by atoms with Gasteiger partial charge in [0.25, 0.3) is 0 Å². The first-order valence-electron chi connectivity index (χ1n) is 4.54. The molecule has 0 aromatic heterocycles. The number of fused-ring (bicyclic) bond motifs is 1. The van der Waals surface area contributed by atoms with Gasteiger partial charge in [-0.15, -0.1) is 0 Å². The number of sulfone groups is 1. The van der Waals surface area contributed by atoms with Crippen LogP contribution in [0.1, 0.15) is 15.9 Å². The monoisotopic (exact) mass is 235 g/mol. The number of carbonyl (C=O) groups excluding carboxylic acids is 1. The molecule has 2 N–H and O–H groups in total. The Bertz CT molecular complexity index is 612. The first-order chi connectivity index (χ1) is 7.50. The Kier molecular flexibility index (Phi) is 2.40. The second-order valence-corrected chi connectivity index (χ2v) is 5.15. The largest absolute Gasteiger partial charge is 0.366 e. The van der Waals surface area contributed by atoms with Gasteiger partial charge in [0.2, 0.25) is 5.91 Å². The number of benzene rings is 1. The van der Waals surface area contributed by atoms with Crippen molar-refractivity contribution in [3.8, 4) is 0 Å². The molecular weight excluding hydrogens is 226 g/mol. The summed E-state index contributed by atoms with van der Waals surface area (Å²) in [5.41, 5.74) is 5.84. The summed E-state index contributed by atoms with van der Waals surface area (Å²) >= 11 is 0. The standard InChI is InChI=1S/C11H9NO3S/c12-11(13)9-5-4-8-3-1-2-6-16(14,15)10(8)7-9/h1-7H,(H2,12,13). The van der Waals surface area contributed by atoms with E-state index in [0.29, 0.717) is 5.56 Å². The molecule has 0 aliphatic carbocycles. The van der Waals surface area contributed by atoms with E-state index >= 15 is 0 Å². The Hall–Kier alpha value is -1.88. The van der Waals surface area contributed by atoms with Gasteiger partial charge in [-0.05, 0) is 17.7 Å². The van der Waals surface area contributed by atoms with Crippen LogP contribution in [0.2, 0.25) is 0 Å². The van der Waals surface area contributed by atoms with Crippen LogP contribution < -0.4 is 5.73 Å². The van der Waals surface area contributed by atoms with E-state index < -0.39 is 15.7 Å². The Morgan fingerprint density at radius 2 is 1.94 bits per heavy atom. The molecule has 0 bridgehead atoms. The third-order valence-corrected chi connectivity index (χ3v) is 3.73. The molecule has 1 heterocycles. The fourth-order valence-corrected chi connectivity index (χ4v) is 2.65. The summed E-state index contributed by atoms with van der Waals surface area (Å²) in [6.45, 7) is 0. The van der Waals surface area contributed by atoms with E-state index in [0.717, 1.165) is 5.41 Å². The molecule has 1 aliphatic rings. The van der Waals surface area contributed by atoms with Gasteiger partial charge >= 0.3 is 0 Å². The van der Waals surface area contributed by atoms with Gasteiger partial charge in [-0.2, -0.15) is 0 Å². The third kappa shape index (κ3) is 1.77. The summed E-state index contributed by atoms with van der Waals surface area (Å²) in [5, 5.41) is 1.10. The lowest BCUT2D eigenvalue weighted by Gasteiger charge is -2.04. The minimum atomic E-state index is -3.49. The van der Waals surface area contributed by atoms with Crippen molar-refractivity contribution in [3.05, 3.63) is 46.9 Å². The average Bonchev–Trinajstić information content (AvgIpc) is 2.37. The van der Waals surface area contributed by atoms with Gasteiger partial charge < -0.3 is 5.73 Å². The van der Waals surface area contributed by atoms with Crippen molar-refractivity contribution in [2.24, 2.45) is 5.73 Å².